The van der Waals surface area contributed by atoms with Crippen molar-refractivity contribution in [2.45, 2.75) is 0 Å². The van der Waals surface area contributed by atoms with E-state index in [4.69, 9.17) is 0 Å². The molecule has 3 heteroatoms. The van der Waals surface area contributed by atoms with E-state index in [0.29, 0.717) is 5.56 Å². The van der Waals surface area contributed by atoms with E-state index >= 15 is 0 Å². The van der Waals surface area contributed by atoms with Crippen molar-refractivity contribution >= 4 is 0 Å². The number of aromatic nitrogens is 1. The minimum atomic E-state index is -0.535. The Morgan fingerprint density at radius 2 is 1.57 bits per heavy atom. The van der Waals surface area contributed by atoms with Gasteiger partial charge in [0, 0.05) is 12.3 Å². The molecular weight excluding hydrogens is 184 g/mol. The first kappa shape index (κ1) is 8.81. The summed E-state index contributed by atoms with van der Waals surface area (Å²) < 4.78 is 25.3. The molecule has 14 heavy (non-hydrogen) atoms. The van der Waals surface area contributed by atoms with E-state index < -0.39 is 5.95 Å². The fraction of sp³-hybridized carbons (Fsp3) is 0. The predicted molar refractivity (Wildman–Crippen MR) is 49.6 cm³/mol. The molecule has 1 heterocycles. The fourth-order valence-electron chi connectivity index (χ4n) is 1.22. The number of nitrogens with zero attached hydrogens (tertiary/aromatic N) is 1. The molecule has 0 unspecified atom stereocenters. The lowest BCUT2D eigenvalue weighted by atomic mass is 10.1. The molecule has 1 aromatic carbocycles. The zero-order valence-electron chi connectivity index (χ0n) is 7.24. The van der Waals surface area contributed by atoms with Crippen molar-refractivity contribution < 1.29 is 8.78 Å². The Balaban J connectivity index is 2.44. The minimum Gasteiger partial charge on any atom is -0.228 e. The van der Waals surface area contributed by atoms with Gasteiger partial charge in [0.1, 0.15) is 5.82 Å². The Kier molecular flexibility index (Phi) is 2.23. The second-order valence-electron chi connectivity index (χ2n) is 2.87. The zero-order valence-corrected chi connectivity index (χ0v) is 7.24. The maximum absolute atomic E-state index is 12.7. The van der Waals surface area contributed by atoms with Crippen molar-refractivity contribution in [3.63, 3.8) is 0 Å². The van der Waals surface area contributed by atoms with Gasteiger partial charge in [-0.1, -0.05) is 12.1 Å². The Morgan fingerprint density at radius 3 is 2.21 bits per heavy atom. The highest BCUT2D eigenvalue weighted by molar-refractivity contribution is 5.62. The number of hydrogen-bond donors (Lipinski definition) is 0. The quantitative estimate of drug-likeness (QED) is 0.631. The normalized spacial score (nSPS) is 10.1. The summed E-state index contributed by atoms with van der Waals surface area (Å²) in [6.07, 6.45) is 1.38. The molecule has 0 amide bonds. The molecule has 0 radical (unpaired) electrons. The molecule has 1 nitrogen and oxygen atoms in total. The molecule has 0 spiro atoms. The van der Waals surface area contributed by atoms with E-state index in [1.165, 1.54) is 24.4 Å². The maximum Gasteiger partial charge on any atom is 0.213 e. The number of halogens is 2. The highest BCUT2D eigenvalue weighted by atomic mass is 19.1. The third-order valence-electron chi connectivity index (χ3n) is 1.90. The smallest absolute Gasteiger partial charge is 0.213 e. The summed E-state index contributed by atoms with van der Waals surface area (Å²) in [5.74, 6) is -0.838. The van der Waals surface area contributed by atoms with Gasteiger partial charge in [-0.3, -0.25) is 0 Å². The molecule has 2 rings (SSSR count). The molecule has 0 aliphatic carbocycles. The summed E-state index contributed by atoms with van der Waals surface area (Å²) in [4.78, 5) is 3.44. The van der Waals surface area contributed by atoms with Gasteiger partial charge in [-0.15, -0.1) is 0 Å². The van der Waals surface area contributed by atoms with Crippen LogP contribution in [0.15, 0.2) is 42.6 Å². The molecule has 0 atom stereocenters. The second-order valence-corrected chi connectivity index (χ2v) is 2.87. The van der Waals surface area contributed by atoms with E-state index in [2.05, 4.69) is 4.98 Å². The summed E-state index contributed by atoms with van der Waals surface area (Å²) in [5, 5.41) is 0. The molecule has 1 aromatic heterocycles. The lowest BCUT2D eigenvalue weighted by Gasteiger charge is -2.00. The maximum atomic E-state index is 12.7. The molecule has 2 aromatic rings. The van der Waals surface area contributed by atoms with Gasteiger partial charge >= 0.3 is 0 Å². The van der Waals surface area contributed by atoms with Crippen LogP contribution < -0.4 is 0 Å². The van der Waals surface area contributed by atoms with Gasteiger partial charge in [0.2, 0.25) is 5.95 Å². The highest BCUT2D eigenvalue weighted by Gasteiger charge is 1.99. The third-order valence-corrected chi connectivity index (χ3v) is 1.90. The van der Waals surface area contributed by atoms with E-state index in [-0.39, 0.29) is 5.82 Å². The van der Waals surface area contributed by atoms with Gasteiger partial charge < -0.3 is 0 Å². The lowest BCUT2D eigenvalue weighted by molar-refractivity contribution is 0.584. The van der Waals surface area contributed by atoms with E-state index in [1.807, 2.05) is 0 Å². The Hall–Kier alpha value is -1.77. The Bertz CT molecular complexity index is 437. The van der Waals surface area contributed by atoms with Crippen molar-refractivity contribution in [1.29, 1.82) is 0 Å². The van der Waals surface area contributed by atoms with Crippen molar-refractivity contribution in [2.24, 2.45) is 0 Å². The van der Waals surface area contributed by atoms with Crippen LogP contribution in [0.2, 0.25) is 0 Å². The summed E-state index contributed by atoms with van der Waals surface area (Å²) in [6, 6.07) is 8.87. The van der Waals surface area contributed by atoms with Crippen LogP contribution in [-0.2, 0) is 0 Å². The van der Waals surface area contributed by atoms with E-state index in [1.54, 1.807) is 18.2 Å². The minimum absolute atomic E-state index is 0.303. The van der Waals surface area contributed by atoms with Crippen molar-refractivity contribution in [1.82, 2.24) is 4.98 Å². The second kappa shape index (κ2) is 3.54. The van der Waals surface area contributed by atoms with Gasteiger partial charge in [-0.2, -0.15) is 4.39 Å². The molecule has 0 saturated heterocycles. The van der Waals surface area contributed by atoms with Crippen LogP contribution in [0.3, 0.4) is 0 Å². The zero-order chi connectivity index (χ0) is 9.97. The van der Waals surface area contributed by atoms with Crippen LogP contribution in [0, 0.1) is 11.8 Å². The fourth-order valence-corrected chi connectivity index (χ4v) is 1.22. The average Bonchev–Trinajstić information content (AvgIpc) is 2.19. The van der Waals surface area contributed by atoms with Crippen molar-refractivity contribution in [2.75, 3.05) is 0 Å². The van der Waals surface area contributed by atoms with Crippen molar-refractivity contribution in [3.8, 4) is 11.1 Å². The highest BCUT2D eigenvalue weighted by Crippen LogP contribution is 2.18. The Morgan fingerprint density at radius 1 is 0.857 bits per heavy atom. The van der Waals surface area contributed by atoms with Crippen LogP contribution in [0.4, 0.5) is 8.78 Å². The predicted octanol–water partition coefficient (Wildman–Crippen LogP) is 3.03. The van der Waals surface area contributed by atoms with Gasteiger partial charge in [0.05, 0.1) is 0 Å². The molecule has 0 aliphatic rings. The molecule has 0 bridgehead atoms. The standard InChI is InChI=1S/C11H7F2N/c12-10-3-1-8(2-4-10)9-5-6-14-11(13)7-9/h1-7H. The first-order chi connectivity index (χ1) is 6.75. The average molecular weight is 191 g/mol. The first-order valence-electron chi connectivity index (χ1n) is 4.13. The monoisotopic (exact) mass is 191 g/mol. The number of rotatable bonds is 1. The molecule has 0 N–H and O–H groups in total. The molecular formula is C11H7F2N. The number of pyridine rings is 1. The van der Waals surface area contributed by atoms with Gasteiger partial charge in [-0.05, 0) is 29.3 Å². The summed E-state index contributed by atoms with van der Waals surface area (Å²) in [5.41, 5.74) is 1.46. The van der Waals surface area contributed by atoms with E-state index in [0.717, 1.165) is 5.56 Å². The molecule has 0 fully saturated rings. The SMILES string of the molecule is Fc1ccc(-c2ccnc(F)c2)cc1. The molecule has 0 aliphatic heterocycles. The van der Waals surface area contributed by atoms with Crippen LogP contribution in [0.5, 0.6) is 0 Å². The first-order valence-corrected chi connectivity index (χ1v) is 4.13. The number of benzene rings is 1. The molecule has 70 valence electrons. The van der Waals surface area contributed by atoms with Crippen LogP contribution in [0.25, 0.3) is 11.1 Å². The molecule has 0 saturated carbocycles. The lowest BCUT2D eigenvalue weighted by Crippen LogP contribution is -1.83. The number of hydrogen-bond acceptors (Lipinski definition) is 1. The van der Waals surface area contributed by atoms with Gasteiger partial charge in [0.15, 0.2) is 0 Å². The van der Waals surface area contributed by atoms with Gasteiger partial charge in [0.25, 0.3) is 0 Å². The summed E-state index contributed by atoms with van der Waals surface area (Å²) >= 11 is 0. The van der Waals surface area contributed by atoms with Crippen LogP contribution in [0.1, 0.15) is 0 Å². The largest absolute Gasteiger partial charge is 0.228 e. The summed E-state index contributed by atoms with van der Waals surface area (Å²) in [7, 11) is 0. The topological polar surface area (TPSA) is 12.9 Å². The third kappa shape index (κ3) is 1.76. The van der Waals surface area contributed by atoms with E-state index in [9.17, 15) is 8.78 Å². The van der Waals surface area contributed by atoms with Crippen LogP contribution >= 0.6 is 0 Å². The summed E-state index contributed by atoms with van der Waals surface area (Å²) in [6.45, 7) is 0. The van der Waals surface area contributed by atoms with Crippen LogP contribution in [-0.4, -0.2) is 4.98 Å². The Labute approximate surface area is 80.0 Å². The van der Waals surface area contributed by atoms with Gasteiger partial charge in [-0.25, -0.2) is 9.37 Å². The van der Waals surface area contributed by atoms with Crippen molar-refractivity contribution in [3.05, 3.63) is 54.4 Å².